The first kappa shape index (κ1) is 13.7. The summed E-state index contributed by atoms with van der Waals surface area (Å²) in [6.07, 6.45) is 1.39. The lowest BCUT2D eigenvalue weighted by Crippen LogP contribution is -2.34. The Morgan fingerprint density at radius 1 is 1.32 bits per heavy atom. The van der Waals surface area contributed by atoms with Crippen molar-refractivity contribution in [3.8, 4) is 0 Å². The molecular formula is C15H19NO3. The highest BCUT2D eigenvalue weighted by atomic mass is 16.4. The Bertz CT molecular complexity index is 470. The molecule has 19 heavy (non-hydrogen) atoms. The quantitative estimate of drug-likeness (QED) is 0.820. The van der Waals surface area contributed by atoms with Crippen molar-refractivity contribution in [1.82, 2.24) is 4.90 Å². The van der Waals surface area contributed by atoms with E-state index in [2.05, 4.69) is 17.0 Å². The van der Waals surface area contributed by atoms with Crippen molar-refractivity contribution in [3.63, 3.8) is 0 Å². The highest BCUT2D eigenvalue weighted by Crippen LogP contribution is 2.19. The molecule has 0 fully saturated rings. The van der Waals surface area contributed by atoms with Crippen LogP contribution >= 0.6 is 0 Å². The van der Waals surface area contributed by atoms with Crippen LogP contribution in [0.25, 0.3) is 0 Å². The fourth-order valence-corrected chi connectivity index (χ4v) is 2.56. The fourth-order valence-electron chi connectivity index (χ4n) is 2.56. The molecule has 1 unspecified atom stereocenters. The molecule has 1 aliphatic heterocycles. The van der Waals surface area contributed by atoms with Crippen LogP contribution in [-0.2, 0) is 22.6 Å². The van der Waals surface area contributed by atoms with E-state index in [1.807, 2.05) is 12.1 Å². The number of carbonyl (C=O) groups is 2. The molecule has 1 aliphatic rings. The second kappa shape index (κ2) is 5.97. The predicted octanol–water partition coefficient (Wildman–Crippen LogP) is 1.72. The summed E-state index contributed by atoms with van der Waals surface area (Å²) >= 11 is 0. The predicted molar refractivity (Wildman–Crippen MR) is 71.8 cm³/mol. The number of nitrogens with zero attached hydrogens (tertiary/aromatic N) is 1. The highest BCUT2D eigenvalue weighted by Gasteiger charge is 2.24. The van der Waals surface area contributed by atoms with Crippen LogP contribution in [0, 0.1) is 5.92 Å². The van der Waals surface area contributed by atoms with E-state index < -0.39 is 11.9 Å². The highest BCUT2D eigenvalue weighted by molar-refractivity contribution is 5.96. The first-order valence-electron chi connectivity index (χ1n) is 6.60. The van der Waals surface area contributed by atoms with Crippen LogP contribution in [0.15, 0.2) is 24.3 Å². The maximum absolute atomic E-state index is 11.3. The minimum absolute atomic E-state index is 0.259. The number of carboxylic acids is 1. The zero-order valence-electron chi connectivity index (χ0n) is 11.1. The molecule has 1 atom stereocenters. The first-order chi connectivity index (χ1) is 9.08. The fraction of sp³-hybridized carbons (Fsp3) is 0.467. The van der Waals surface area contributed by atoms with E-state index in [0.717, 1.165) is 19.5 Å². The Kier molecular flexibility index (Phi) is 4.32. The molecule has 1 heterocycles. The molecule has 0 aliphatic carbocycles. The average Bonchev–Trinajstić information content (AvgIpc) is 2.38. The minimum atomic E-state index is -1.01. The van der Waals surface area contributed by atoms with Crippen molar-refractivity contribution >= 4 is 11.8 Å². The van der Waals surface area contributed by atoms with Gasteiger partial charge in [0.2, 0.25) is 0 Å². The molecule has 2 rings (SSSR count). The van der Waals surface area contributed by atoms with Crippen molar-refractivity contribution in [1.29, 1.82) is 0 Å². The molecule has 4 heteroatoms. The summed E-state index contributed by atoms with van der Waals surface area (Å²) in [6, 6.07) is 8.33. The van der Waals surface area contributed by atoms with Gasteiger partial charge in [0.05, 0.1) is 0 Å². The van der Waals surface area contributed by atoms with Gasteiger partial charge < -0.3 is 5.11 Å². The van der Waals surface area contributed by atoms with Gasteiger partial charge in [0.15, 0.2) is 0 Å². The second-order valence-corrected chi connectivity index (χ2v) is 5.09. The molecule has 4 nitrogen and oxygen atoms in total. The number of fused-ring (bicyclic) bond motifs is 1. The zero-order chi connectivity index (χ0) is 13.8. The minimum Gasteiger partial charge on any atom is -0.481 e. The SMILES string of the molecule is CC(=O)C(CCN1CCc2ccccc2C1)C(=O)O. The normalized spacial score (nSPS) is 16.7. The zero-order valence-corrected chi connectivity index (χ0v) is 11.1. The number of Topliss-reactive ketones (excluding diaryl/α,β-unsaturated/α-hetero) is 1. The van der Waals surface area contributed by atoms with Gasteiger partial charge in [-0.2, -0.15) is 0 Å². The van der Waals surface area contributed by atoms with Crippen molar-refractivity contribution in [2.45, 2.75) is 26.3 Å². The Morgan fingerprint density at radius 2 is 2.00 bits per heavy atom. The van der Waals surface area contributed by atoms with Crippen LogP contribution in [0.1, 0.15) is 24.5 Å². The third-order valence-electron chi connectivity index (χ3n) is 3.73. The molecule has 1 N–H and O–H groups in total. The molecule has 0 spiro atoms. The van der Waals surface area contributed by atoms with E-state index in [4.69, 9.17) is 5.11 Å². The number of hydrogen-bond acceptors (Lipinski definition) is 3. The summed E-state index contributed by atoms with van der Waals surface area (Å²) < 4.78 is 0. The van der Waals surface area contributed by atoms with Crippen LogP contribution in [0.3, 0.4) is 0 Å². The number of carbonyl (C=O) groups excluding carboxylic acids is 1. The number of benzene rings is 1. The first-order valence-corrected chi connectivity index (χ1v) is 6.60. The number of aliphatic carboxylic acids is 1. The molecule has 102 valence electrons. The number of ketones is 1. The molecule has 0 amide bonds. The lowest BCUT2D eigenvalue weighted by molar-refractivity contribution is -0.146. The number of rotatable bonds is 5. The van der Waals surface area contributed by atoms with Crippen LogP contribution in [0.2, 0.25) is 0 Å². The lowest BCUT2D eigenvalue weighted by atomic mass is 9.97. The van der Waals surface area contributed by atoms with Crippen LogP contribution in [0.5, 0.6) is 0 Å². The van der Waals surface area contributed by atoms with E-state index in [1.165, 1.54) is 18.1 Å². The summed E-state index contributed by atoms with van der Waals surface area (Å²) in [7, 11) is 0. The molecule has 1 aromatic carbocycles. The van der Waals surface area contributed by atoms with E-state index in [-0.39, 0.29) is 5.78 Å². The Morgan fingerprint density at radius 3 is 2.63 bits per heavy atom. The van der Waals surface area contributed by atoms with Gasteiger partial charge in [-0.1, -0.05) is 24.3 Å². The van der Waals surface area contributed by atoms with E-state index in [9.17, 15) is 9.59 Å². The van der Waals surface area contributed by atoms with Crippen LogP contribution in [0.4, 0.5) is 0 Å². The second-order valence-electron chi connectivity index (χ2n) is 5.09. The average molecular weight is 261 g/mol. The maximum atomic E-state index is 11.3. The lowest BCUT2D eigenvalue weighted by Gasteiger charge is -2.29. The standard InChI is InChI=1S/C15H19NO3/c1-11(17)14(15(18)19)7-9-16-8-6-12-4-2-3-5-13(12)10-16/h2-5,14H,6-10H2,1H3,(H,18,19). The van der Waals surface area contributed by atoms with Gasteiger partial charge in [-0.3, -0.25) is 14.5 Å². The summed E-state index contributed by atoms with van der Waals surface area (Å²) in [5, 5.41) is 8.99. The molecule has 0 radical (unpaired) electrons. The van der Waals surface area contributed by atoms with Gasteiger partial charge in [0.25, 0.3) is 0 Å². The Labute approximate surface area is 113 Å². The Balaban J connectivity index is 1.92. The summed E-state index contributed by atoms with van der Waals surface area (Å²) in [5.41, 5.74) is 2.68. The van der Waals surface area contributed by atoms with Crippen LogP contribution in [-0.4, -0.2) is 34.8 Å². The molecule has 0 saturated carbocycles. The molecule has 0 aromatic heterocycles. The molecule has 0 bridgehead atoms. The van der Waals surface area contributed by atoms with Gasteiger partial charge in [-0.05, 0) is 37.4 Å². The van der Waals surface area contributed by atoms with Gasteiger partial charge >= 0.3 is 5.97 Å². The van der Waals surface area contributed by atoms with E-state index in [0.29, 0.717) is 13.0 Å². The van der Waals surface area contributed by atoms with Gasteiger partial charge in [0.1, 0.15) is 11.7 Å². The summed E-state index contributed by atoms with van der Waals surface area (Å²) in [4.78, 5) is 24.5. The molecular weight excluding hydrogens is 242 g/mol. The summed E-state index contributed by atoms with van der Waals surface area (Å²) in [5.74, 6) is -2.13. The monoisotopic (exact) mass is 261 g/mol. The third-order valence-corrected chi connectivity index (χ3v) is 3.73. The third kappa shape index (κ3) is 3.41. The smallest absolute Gasteiger partial charge is 0.314 e. The van der Waals surface area contributed by atoms with Gasteiger partial charge in [-0.15, -0.1) is 0 Å². The summed E-state index contributed by atoms with van der Waals surface area (Å²) in [6.45, 7) is 3.79. The molecule has 1 aromatic rings. The van der Waals surface area contributed by atoms with Gasteiger partial charge in [0, 0.05) is 13.1 Å². The van der Waals surface area contributed by atoms with Crippen molar-refractivity contribution in [2.75, 3.05) is 13.1 Å². The number of carboxylic acid groups (broad SMARTS) is 1. The largest absolute Gasteiger partial charge is 0.481 e. The number of hydrogen-bond donors (Lipinski definition) is 1. The van der Waals surface area contributed by atoms with Crippen molar-refractivity contribution in [2.24, 2.45) is 5.92 Å². The van der Waals surface area contributed by atoms with E-state index in [1.54, 1.807) is 0 Å². The Hall–Kier alpha value is -1.68. The van der Waals surface area contributed by atoms with E-state index >= 15 is 0 Å². The van der Waals surface area contributed by atoms with Crippen molar-refractivity contribution in [3.05, 3.63) is 35.4 Å². The van der Waals surface area contributed by atoms with Crippen LogP contribution < -0.4 is 0 Å². The topological polar surface area (TPSA) is 57.6 Å². The molecule has 0 saturated heterocycles. The maximum Gasteiger partial charge on any atom is 0.314 e. The van der Waals surface area contributed by atoms with Crippen molar-refractivity contribution < 1.29 is 14.7 Å². The van der Waals surface area contributed by atoms with Gasteiger partial charge in [-0.25, -0.2) is 0 Å².